The second kappa shape index (κ2) is 4.32. The van der Waals surface area contributed by atoms with Gasteiger partial charge in [0.25, 0.3) is 0 Å². The van der Waals surface area contributed by atoms with Gasteiger partial charge in [0, 0.05) is 17.4 Å². The van der Waals surface area contributed by atoms with Crippen molar-refractivity contribution in [2.24, 2.45) is 0 Å². The Morgan fingerprint density at radius 2 is 1.63 bits per heavy atom. The first kappa shape index (κ1) is 10.9. The third-order valence-corrected chi connectivity index (χ3v) is 3.87. The van der Waals surface area contributed by atoms with Gasteiger partial charge in [-0.1, -0.05) is 42.5 Å². The van der Waals surface area contributed by atoms with Gasteiger partial charge in [0.05, 0.1) is 11.2 Å². The van der Waals surface area contributed by atoms with E-state index in [1.807, 2.05) is 6.07 Å². The lowest BCUT2D eigenvalue weighted by Crippen LogP contribution is -2.01. The number of para-hydroxylation sites is 1. The molecule has 0 bridgehead atoms. The normalized spacial score (nSPS) is 19.3. The molecule has 1 atom stereocenters. The summed E-state index contributed by atoms with van der Waals surface area (Å²) in [4.78, 5) is 4.86. The topological polar surface area (TPSA) is 22.1 Å². The van der Waals surface area contributed by atoms with Crippen molar-refractivity contribution >= 4 is 21.7 Å². The van der Waals surface area contributed by atoms with E-state index in [4.69, 9.17) is 9.72 Å². The predicted octanol–water partition coefficient (Wildman–Crippen LogP) is 4.24. The van der Waals surface area contributed by atoms with Crippen molar-refractivity contribution in [1.82, 2.24) is 4.98 Å². The minimum atomic E-state index is 0.162. The zero-order valence-electron chi connectivity index (χ0n) is 10.7. The van der Waals surface area contributed by atoms with Crippen LogP contribution in [0.15, 0.2) is 48.5 Å². The maximum atomic E-state index is 5.83. The lowest BCUT2D eigenvalue weighted by Gasteiger charge is -2.14. The lowest BCUT2D eigenvalue weighted by molar-refractivity contribution is 0.110. The predicted molar refractivity (Wildman–Crippen MR) is 77.2 cm³/mol. The molecule has 3 aromatic rings. The van der Waals surface area contributed by atoms with Gasteiger partial charge in [0.1, 0.15) is 6.10 Å². The number of aromatic nitrogens is 1. The first-order valence-electron chi connectivity index (χ1n) is 6.82. The van der Waals surface area contributed by atoms with Crippen molar-refractivity contribution in [3.63, 3.8) is 0 Å². The monoisotopic (exact) mass is 249 g/mol. The summed E-state index contributed by atoms with van der Waals surface area (Å²) in [6, 6.07) is 16.9. The van der Waals surface area contributed by atoms with E-state index in [1.165, 1.54) is 16.2 Å². The minimum absolute atomic E-state index is 0.162. The molecule has 1 fully saturated rings. The van der Waals surface area contributed by atoms with E-state index >= 15 is 0 Å². The Balaban J connectivity index is 2.09. The number of hydrogen-bond donors (Lipinski definition) is 0. The molecule has 1 unspecified atom stereocenters. The largest absolute Gasteiger partial charge is 0.372 e. The number of pyridine rings is 1. The van der Waals surface area contributed by atoms with Gasteiger partial charge in [-0.25, -0.2) is 4.98 Å². The molecule has 19 heavy (non-hydrogen) atoms. The van der Waals surface area contributed by atoms with Crippen LogP contribution in [0.2, 0.25) is 0 Å². The summed E-state index contributed by atoms with van der Waals surface area (Å²) < 4.78 is 5.83. The summed E-state index contributed by atoms with van der Waals surface area (Å²) in [5, 5.41) is 3.73. The summed E-state index contributed by atoms with van der Waals surface area (Å²) >= 11 is 0. The van der Waals surface area contributed by atoms with Gasteiger partial charge < -0.3 is 4.74 Å². The van der Waals surface area contributed by atoms with E-state index < -0.39 is 0 Å². The summed E-state index contributed by atoms with van der Waals surface area (Å²) in [5.41, 5.74) is 2.17. The van der Waals surface area contributed by atoms with Crippen molar-refractivity contribution in [2.45, 2.75) is 18.9 Å². The van der Waals surface area contributed by atoms with Crippen LogP contribution in [0.3, 0.4) is 0 Å². The van der Waals surface area contributed by atoms with Crippen LogP contribution in [0.25, 0.3) is 21.7 Å². The fourth-order valence-corrected chi connectivity index (χ4v) is 2.97. The highest BCUT2D eigenvalue weighted by Crippen LogP contribution is 2.35. The highest BCUT2D eigenvalue weighted by atomic mass is 16.5. The number of fused-ring (bicyclic) bond motifs is 3. The molecule has 2 nitrogen and oxygen atoms in total. The van der Waals surface area contributed by atoms with Crippen LogP contribution in [0, 0.1) is 0 Å². The maximum Gasteiger partial charge on any atom is 0.100 e. The first-order valence-corrected chi connectivity index (χ1v) is 6.82. The SMILES string of the molecule is c1ccc2c(c1)nc(C1CCCO1)c1ccccc12. The van der Waals surface area contributed by atoms with Crippen LogP contribution in [-0.4, -0.2) is 11.6 Å². The number of ether oxygens (including phenoxy) is 1. The third kappa shape index (κ3) is 1.71. The fraction of sp³-hybridized carbons (Fsp3) is 0.235. The Morgan fingerprint density at radius 1 is 0.895 bits per heavy atom. The molecule has 0 radical (unpaired) electrons. The second-order valence-corrected chi connectivity index (χ2v) is 5.06. The quantitative estimate of drug-likeness (QED) is 0.602. The van der Waals surface area contributed by atoms with E-state index in [-0.39, 0.29) is 6.10 Å². The standard InChI is InChI=1S/C17H15NO/c1-2-8-14-12(6-1)13-7-3-4-9-15(13)18-17(14)16-10-5-11-19-16/h1-4,6-9,16H,5,10-11H2. The smallest absolute Gasteiger partial charge is 0.100 e. The fourth-order valence-electron chi connectivity index (χ4n) is 2.97. The van der Waals surface area contributed by atoms with Gasteiger partial charge in [-0.15, -0.1) is 0 Å². The molecule has 2 aromatic carbocycles. The van der Waals surface area contributed by atoms with E-state index in [0.29, 0.717) is 0 Å². The zero-order chi connectivity index (χ0) is 12.7. The molecule has 0 spiro atoms. The van der Waals surface area contributed by atoms with Crippen LogP contribution in [0.4, 0.5) is 0 Å². The van der Waals surface area contributed by atoms with Crippen molar-refractivity contribution in [3.05, 3.63) is 54.2 Å². The average molecular weight is 249 g/mol. The third-order valence-electron chi connectivity index (χ3n) is 3.87. The number of rotatable bonds is 1. The Bertz CT molecular complexity index is 744. The van der Waals surface area contributed by atoms with Crippen molar-refractivity contribution in [3.8, 4) is 0 Å². The number of nitrogens with zero attached hydrogens (tertiary/aromatic N) is 1. The lowest BCUT2D eigenvalue weighted by atomic mass is 10.0. The molecular weight excluding hydrogens is 234 g/mol. The maximum absolute atomic E-state index is 5.83. The van der Waals surface area contributed by atoms with E-state index in [1.54, 1.807) is 0 Å². The molecule has 4 rings (SSSR count). The van der Waals surface area contributed by atoms with Crippen LogP contribution in [-0.2, 0) is 4.74 Å². The van der Waals surface area contributed by atoms with Crippen LogP contribution in [0.5, 0.6) is 0 Å². The molecule has 2 heteroatoms. The molecule has 0 saturated carbocycles. The Labute approximate surface area is 112 Å². The second-order valence-electron chi connectivity index (χ2n) is 5.06. The Kier molecular flexibility index (Phi) is 2.49. The summed E-state index contributed by atoms with van der Waals surface area (Å²) in [7, 11) is 0. The molecular formula is C17H15NO. The van der Waals surface area contributed by atoms with E-state index in [9.17, 15) is 0 Å². The number of hydrogen-bond acceptors (Lipinski definition) is 2. The molecule has 1 aliphatic heterocycles. The van der Waals surface area contributed by atoms with Gasteiger partial charge >= 0.3 is 0 Å². The van der Waals surface area contributed by atoms with Crippen molar-refractivity contribution in [2.75, 3.05) is 6.61 Å². The summed E-state index contributed by atoms with van der Waals surface area (Å²) in [5.74, 6) is 0. The van der Waals surface area contributed by atoms with Gasteiger partial charge in [-0.2, -0.15) is 0 Å². The zero-order valence-corrected chi connectivity index (χ0v) is 10.7. The Morgan fingerprint density at radius 3 is 2.42 bits per heavy atom. The first-order chi connectivity index (χ1) is 9.43. The molecule has 1 saturated heterocycles. The molecule has 1 aliphatic rings. The Hall–Kier alpha value is -1.93. The van der Waals surface area contributed by atoms with E-state index in [0.717, 1.165) is 30.7 Å². The van der Waals surface area contributed by atoms with Crippen molar-refractivity contribution < 1.29 is 4.74 Å². The van der Waals surface area contributed by atoms with E-state index in [2.05, 4.69) is 42.5 Å². The summed E-state index contributed by atoms with van der Waals surface area (Å²) in [6.07, 6.45) is 2.37. The van der Waals surface area contributed by atoms with Crippen molar-refractivity contribution in [1.29, 1.82) is 0 Å². The highest BCUT2D eigenvalue weighted by Gasteiger charge is 2.22. The number of benzene rings is 2. The van der Waals surface area contributed by atoms with Gasteiger partial charge in [-0.3, -0.25) is 0 Å². The van der Waals surface area contributed by atoms with Crippen LogP contribution in [0.1, 0.15) is 24.6 Å². The molecule has 0 amide bonds. The van der Waals surface area contributed by atoms with Gasteiger partial charge in [0.2, 0.25) is 0 Å². The minimum Gasteiger partial charge on any atom is -0.372 e. The van der Waals surface area contributed by atoms with Crippen LogP contribution >= 0.6 is 0 Å². The molecule has 0 N–H and O–H groups in total. The molecule has 2 heterocycles. The molecule has 1 aromatic heterocycles. The molecule has 94 valence electrons. The van der Waals surface area contributed by atoms with Crippen LogP contribution < -0.4 is 0 Å². The molecule has 0 aliphatic carbocycles. The highest BCUT2D eigenvalue weighted by molar-refractivity contribution is 6.06. The van der Waals surface area contributed by atoms with Gasteiger partial charge in [-0.05, 0) is 24.3 Å². The van der Waals surface area contributed by atoms with Gasteiger partial charge in [0.15, 0.2) is 0 Å². The average Bonchev–Trinajstić information content (AvgIpc) is 3.00. The summed E-state index contributed by atoms with van der Waals surface area (Å²) in [6.45, 7) is 0.855.